The molecule has 43 heavy (non-hydrogen) atoms. The van der Waals surface area contributed by atoms with E-state index in [1.54, 1.807) is 11.8 Å². The van der Waals surface area contributed by atoms with Crippen LogP contribution in [0.1, 0.15) is 105 Å². The number of carbonyl (C=O) groups excluding carboxylic acids is 1. The van der Waals surface area contributed by atoms with Gasteiger partial charge in [-0.2, -0.15) is 8.78 Å². The lowest BCUT2D eigenvalue weighted by Crippen LogP contribution is -2.59. The van der Waals surface area contributed by atoms with Gasteiger partial charge in [-0.3, -0.25) is 4.79 Å². The first kappa shape index (κ1) is 32.7. The number of ketones is 1. The summed E-state index contributed by atoms with van der Waals surface area (Å²) in [6, 6.07) is 8.30. The van der Waals surface area contributed by atoms with Gasteiger partial charge in [0, 0.05) is 22.3 Å². The van der Waals surface area contributed by atoms with Crippen LogP contribution in [0.15, 0.2) is 45.9 Å². The van der Waals surface area contributed by atoms with Gasteiger partial charge >= 0.3 is 5.92 Å². The molecule has 6 heteroatoms. The predicted molar refractivity (Wildman–Crippen MR) is 178 cm³/mol. The highest BCUT2D eigenvalue weighted by Crippen LogP contribution is 2.66. The van der Waals surface area contributed by atoms with Crippen LogP contribution in [0.25, 0.3) is 5.57 Å². The first-order valence-corrected chi connectivity index (χ1v) is 19.9. The summed E-state index contributed by atoms with van der Waals surface area (Å²) in [6.45, 7) is 14.7. The smallest absolute Gasteiger partial charge is 0.336 e. The molecule has 1 N–H and O–H groups in total. The summed E-state index contributed by atoms with van der Waals surface area (Å²) in [6.07, 6.45) is 6.85. The van der Waals surface area contributed by atoms with Crippen molar-refractivity contribution in [3.8, 4) is 11.5 Å². The van der Waals surface area contributed by atoms with Crippen molar-refractivity contribution in [3.63, 3.8) is 0 Å². The summed E-state index contributed by atoms with van der Waals surface area (Å²) in [7, 11) is -2.38. The van der Waals surface area contributed by atoms with Crippen LogP contribution in [-0.2, 0) is 4.79 Å². The summed E-state index contributed by atoms with van der Waals surface area (Å²) in [4.78, 5) is 14.4. The second kappa shape index (κ2) is 11.6. The van der Waals surface area contributed by atoms with E-state index < -0.39 is 25.0 Å². The average Bonchev–Trinajstić information content (AvgIpc) is 3.24. The molecular formula is C37H50F2O2SSi. The van der Waals surface area contributed by atoms with Gasteiger partial charge in [-0.1, -0.05) is 66.2 Å². The first-order valence-electron chi connectivity index (χ1n) is 16.4. The number of halogens is 2. The first-order chi connectivity index (χ1) is 20.1. The van der Waals surface area contributed by atoms with E-state index in [4.69, 9.17) is 0 Å². The van der Waals surface area contributed by atoms with Gasteiger partial charge in [0.15, 0.2) is 5.78 Å². The Morgan fingerprint density at radius 3 is 2.14 bits per heavy atom. The Morgan fingerprint density at radius 1 is 0.930 bits per heavy atom. The normalized spacial score (nSPS) is 29.6. The highest BCUT2D eigenvalue weighted by Gasteiger charge is 2.70. The Kier molecular flexibility index (Phi) is 8.82. The standard InChI is InChI=1S/C37H50F2O2SSi/c1-23(2)43(24(3)4,25(5)6)22-21-37(38,39)36(41)20-18-32-30-13-14-31-28(29(30)17-19-35(32,36)7)15-16-33(40)34(31)26-9-11-27(42-8)12-10-26/h9-12,23-25,30,32,41H,13-20H2,1-8H3/t30-,32+,35+,36+/m1/s1. The number of allylic oxidation sites excluding steroid dienone is 4. The van der Waals surface area contributed by atoms with E-state index in [1.807, 2.05) is 13.2 Å². The van der Waals surface area contributed by atoms with Gasteiger partial charge in [0.2, 0.25) is 0 Å². The van der Waals surface area contributed by atoms with Crippen molar-refractivity contribution >= 4 is 31.2 Å². The molecule has 0 bridgehead atoms. The van der Waals surface area contributed by atoms with E-state index in [0.29, 0.717) is 25.7 Å². The molecule has 0 aliphatic heterocycles. The minimum absolute atomic E-state index is 0.00721. The van der Waals surface area contributed by atoms with Crippen molar-refractivity contribution in [1.29, 1.82) is 0 Å². The highest BCUT2D eigenvalue weighted by atomic mass is 32.2. The van der Waals surface area contributed by atoms with Crippen molar-refractivity contribution in [2.24, 2.45) is 17.3 Å². The molecule has 0 saturated heterocycles. The zero-order chi connectivity index (χ0) is 31.5. The van der Waals surface area contributed by atoms with E-state index in [2.05, 4.69) is 77.3 Å². The third kappa shape index (κ3) is 4.95. The SMILES string of the molecule is CSc1ccc(C2=C3CC[C@@H]4C(=C3CCC2=O)CC[C@@]2(C)[C@H]4CC[C@@]2(O)C(F)(F)C#C[Si](C(C)C)(C(C)C)C(C)C)cc1. The number of thioether (sulfide) groups is 1. The van der Waals surface area contributed by atoms with Crippen LogP contribution < -0.4 is 0 Å². The molecule has 2 nitrogen and oxygen atoms in total. The van der Waals surface area contributed by atoms with Crippen LogP contribution in [0.4, 0.5) is 8.78 Å². The maximum atomic E-state index is 16.4. The van der Waals surface area contributed by atoms with E-state index in [1.165, 1.54) is 21.6 Å². The monoisotopic (exact) mass is 624 g/mol. The van der Waals surface area contributed by atoms with Crippen LogP contribution >= 0.6 is 11.8 Å². The maximum absolute atomic E-state index is 16.4. The van der Waals surface area contributed by atoms with Gasteiger partial charge < -0.3 is 5.11 Å². The molecule has 0 heterocycles. The topological polar surface area (TPSA) is 37.3 Å². The minimum atomic E-state index is -3.47. The molecule has 0 aromatic heterocycles. The molecule has 0 unspecified atom stereocenters. The van der Waals surface area contributed by atoms with Gasteiger partial charge in [-0.25, -0.2) is 0 Å². The second-order valence-corrected chi connectivity index (χ2v) is 21.3. The number of Topliss-reactive ketones (excluding diaryl/α,β-unsaturated/α-hetero) is 1. The number of rotatable bonds is 6. The lowest BCUT2D eigenvalue weighted by molar-refractivity contribution is -0.207. The Morgan fingerprint density at radius 2 is 1.56 bits per heavy atom. The Labute approximate surface area is 263 Å². The van der Waals surface area contributed by atoms with Crippen LogP contribution in [0, 0.1) is 28.7 Å². The largest absolute Gasteiger partial charge is 0.382 e. The van der Waals surface area contributed by atoms with E-state index >= 15 is 8.78 Å². The lowest BCUT2D eigenvalue weighted by Gasteiger charge is -2.53. The molecule has 5 rings (SSSR count). The summed E-state index contributed by atoms with van der Waals surface area (Å²) in [5.41, 5.74) is 6.68. The van der Waals surface area contributed by atoms with Gasteiger partial charge in [-0.05, 0) is 114 Å². The fraction of sp³-hybridized carbons (Fsp3) is 0.649. The van der Waals surface area contributed by atoms with E-state index in [9.17, 15) is 9.90 Å². The molecule has 4 aliphatic rings. The van der Waals surface area contributed by atoms with E-state index in [0.717, 1.165) is 30.4 Å². The molecule has 1 aromatic rings. The zero-order valence-electron chi connectivity index (χ0n) is 27.4. The summed E-state index contributed by atoms with van der Waals surface area (Å²) in [5, 5.41) is 12.1. The summed E-state index contributed by atoms with van der Waals surface area (Å²) >= 11 is 1.69. The van der Waals surface area contributed by atoms with Crippen LogP contribution in [-0.4, -0.2) is 36.7 Å². The summed E-state index contributed by atoms with van der Waals surface area (Å²) in [5.74, 6) is -0.570. The molecule has 0 radical (unpaired) electrons. The van der Waals surface area contributed by atoms with Crippen molar-refractivity contribution in [2.75, 3.05) is 6.26 Å². The van der Waals surface area contributed by atoms with Gasteiger partial charge in [-0.15, -0.1) is 17.3 Å². The Balaban J connectivity index is 1.51. The molecule has 0 amide bonds. The number of benzene rings is 1. The third-order valence-electron chi connectivity index (χ3n) is 12.3. The predicted octanol–water partition coefficient (Wildman–Crippen LogP) is 10.0. The molecule has 4 atom stereocenters. The molecule has 1 aromatic carbocycles. The number of alkyl halides is 2. The number of hydrogen-bond donors (Lipinski definition) is 1. The molecule has 234 valence electrons. The van der Waals surface area contributed by atoms with Crippen molar-refractivity contribution in [2.45, 2.75) is 133 Å². The molecule has 4 aliphatic carbocycles. The Hall–Kier alpha value is -1.68. The lowest BCUT2D eigenvalue weighted by atomic mass is 9.54. The maximum Gasteiger partial charge on any atom is 0.336 e. The third-order valence-corrected chi connectivity index (χ3v) is 19.3. The number of hydrogen-bond acceptors (Lipinski definition) is 3. The fourth-order valence-corrected chi connectivity index (χ4v) is 15.6. The Bertz CT molecular complexity index is 1370. The zero-order valence-corrected chi connectivity index (χ0v) is 29.2. The number of carbonyl (C=O) groups is 1. The fourth-order valence-electron chi connectivity index (χ4n) is 9.98. The van der Waals surface area contributed by atoms with Gasteiger partial charge in [0.1, 0.15) is 13.7 Å². The molecule has 0 spiro atoms. The summed E-state index contributed by atoms with van der Waals surface area (Å²) < 4.78 is 32.8. The van der Waals surface area contributed by atoms with Crippen LogP contribution in [0.3, 0.4) is 0 Å². The molecular weight excluding hydrogens is 575 g/mol. The van der Waals surface area contributed by atoms with Crippen molar-refractivity contribution in [3.05, 3.63) is 46.5 Å². The van der Waals surface area contributed by atoms with Crippen molar-refractivity contribution < 1.29 is 18.7 Å². The minimum Gasteiger partial charge on any atom is -0.382 e. The quantitative estimate of drug-likeness (QED) is 0.194. The van der Waals surface area contributed by atoms with E-state index in [-0.39, 0.29) is 40.7 Å². The number of fused-ring (bicyclic) bond motifs is 4. The van der Waals surface area contributed by atoms with Crippen LogP contribution in [0.5, 0.6) is 0 Å². The van der Waals surface area contributed by atoms with Crippen LogP contribution in [0.2, 0.25) is 16.6 Å². The van der Waals surface area contributed by atoms with Crippen molar-refractivity contribution in [1.82, 2.24) is 0 Å². The second-order valence-electron chi connectivity index (χ2n) is 14.8. The number of aliphatic hydroxyl groups is 1. The van der Waals surface area contributed by atoms with Gasteiger partial charge in [0.05, 0.1) is 0 Å². The molecule has 2 fully saturated rings. The average molecular weight is 625 g/mol. The highest BCUT2D eigenvalue weighted by molar-refractivity contribution is 7.98. The van der Waals surface area contributed by atoms with Gasteiger partial charge in [0.25, 0.3) is 0 Å². The molecule has 2 saturated carbocycles.